The maximum absolute atomic E-state index is 5.78. The Kier molecular flexibility index (Phi) is 7.40. The van der Waals surface area contributed by atoms with Crippen LogP contribution in [0.25, 0.3) is 0 Å². The van der Waals surface area contributed by atoms with Crippen LogP contribution in [-0.4, -0.2) is 25.5 Å². The van der Waals surface area contributed by atoms with Gasteiger partial charge in [-0.15, -0.1) is 11.8 Å². The number of nitrogens with one attached hydrogen (secondary N) is 1. The van der Waals surface area contributed by atoms with E-state index in [4.69, 9.17) is 4.74 Å². The lowest BCUT2D eigenvalue weighted by atomic mass is 10.1. The highest BCUT2D eigenvalue weighted by molar-refractivity contribution is 7.98. The van der Waals surface area contributed by atoms with Crippen LogP contribution in [0.4, 0.5) is 0 Å². The molecule has 1 aromatic rings. The molecule has 2 nitrogen and oxygen atoms in total. The van der Waals surface area contributed by atoms with Crippen molar-refractivity contribution in [2.45, 2.75) is 44.2 Å². The molecule has 1 atom stereocenters. The molecule has 102 valence electrons. The zero-order chi connectivity index (χ0) is 13.4. The molecule has 0 aliphatic rings. The van der Waals surface area contributed by atoms with E-state index in [-0.39, 0.29) is 12.1 Å². The van der Waals surface area contributed by atoms with Crippen molar-refractivity contribution in [3.8, 4) is 0 Å². The van der Waals surface area contributed by atoms with Gasteiger partial charge in [0.15, 0.2) is 0 Å². The molecule has 1 rings (SSSR count). The third-order valence-electron chi connectivity index (χ3n) is 2.75. The first-order chi connectivity index (χ1) is 8.69. The fourth-order valence-corrected chi connectivity index (χ4v) is 2.48. The predicted octanol–water partition coefficient (Wildman–Crippen LogP) is 3.87. The highest BCUT2D eigenvalue weighted by atomic mass is 32.2. The zero-order valence-corrected chi connectivity index (χ0v) is 12.7. The molecule has 0 saturated heterocycles. The van der Waals surface area contributed by atoms with Crippen molar-refractivity contribution >= 4 is 11.8 Å². The monoisotopic (exact) mass is 267 g/mol. The fraction of sp³-hybridized carbons (Fsp3) is 0.600. The summed E-state index contributed by atoms with van der Waals surface area (Å²) in [5, 5.41) is 3.58. The van der Waals surface area contributed by atoms with Crippen LogP contribution in [0.3, 0.4) is 0 Å². The third-order valence-corrected chi connectivity index (χ3v) is 3.56. The van der Waals surface area contributed by atoms with E-state index in [1.165, 1.54) is 10.5 Å². The summed E-state index contributed by atoms with van der Waals surface area (Å²) < 4.78 is 5.78. The maximum Gasteiger partial charge on any atom is 0.0665 e. The highest BCUT2D eigenvalue weighted by Crippen LogP contribution is 2.26. The van der Waals surface area contributed by atoms with Crippen LogP contribution < -0.4 is 5.32 Å². The Morgan fingerprint density at radius 2 is 2.00 bits per heavy atom. The summed E-state index contributed by atoms with van der Waals surface area (Å²) in [6.07, 6.45) is 3.54. The Balaban J connectivity index is 2.79. The Morgan fingerprint density at radius 1 is 1.28 bits per heavy atom. The largest absolute Gasteiger partial charge is 0.377 e. The van der Waals surface area contributed by atoms with Gasteiger partial charge in [-0.2, -0.15) is 0 Å². The summed E-state index contributed by atoms with van der Waals surface area (Å²) in [4.78, 5) is 1.33. The second-order valence-corrected chi connectivity index (χ2v) is 5.48. The smallest absolute Gasteiger partial charge is 0.0665 e. The van der Waals surface area contributed by atoms with Crippen LogP contribution in [0.5, 0.6) is 0 Å². The molecule has 18 heavy (non-hydrogen) atoms. The van der Waals surface area contributed by atoms with Crippen molar-refractivity contribution in [3.05, 3.63) is 29.8 Å². The van der Waals surface area contributed by atoms with E-state index in [0.29, 0.717) is 0 Å². The van der Waals surface area contributed by atoms with Crippen molar-refractivity contribution < 1.29 is 4.74 Å². The molecule has 0 radical (unpaired) electrons. The molecular weight excluding hydrogens is 242 g/mol. The lowest BCUT2D eigenvalue weighted by molar-refractivity contribution is 0.0606. The van der Waals surface area contributed by atoms with Crippen molar-refractivity contribution in [1.82, 2.24) is 5.32 Å². The summed E-state index contributed by atoms with van der Waals surface area (Å²) in [6.45, 7) is 8.10. The van der Waals surface area contributed by atoms with E-state index in [1.807, 2.05) is 0 Å². The van der Waals surface area contributed by atoms with Gasteiger partial charge in [-0.25, -0.2) is 0 Å². The van der Waals surface area contributed by atoms with Crippen LogP contribution >= 0.6 is 11.8 Å². The Bertz CT molecular complexity index is 341. The molecule has 0 spiro atoms. The molecule has 0 saturated carbocycles. The molecule has 3 heteroatoms. The van der Waals surface area contributed by atoms with Gasteiger partial charge in [-0.1, -0.05) is 25.1 Å². The lowest BCUT2D eigenvalue weighted by Crippen LogP contribution is -2.28. The molecule has 0 aliphatic heterocycles. The van der Waals surface area contributed by atoms with E-state index in [2.05, 4.69) is 56.6 Å². The number of thioether (sulfide) groups is 1. The summed E-state index contributed by atoms with van der Waals surface area (Å²) in [5.41, 5.74) is 1.35. The molecule has 0 amide bonds. The van der Waals surface area contributed by atoms with Gasteiger partial charge in [0.2, 0.25) is 0 Å². The number of hydrogen-bond acceptors (Lipinski definition) is 3. The molecule has 1 unspecified atom stereocenters. The minimum atomic E-state index is 0.275. The molecular formula is C15H25NOS. The third kappa shape index (κ3) is 5.01. The first kappa shape index (κ1) is 15.5. The summed E-state index contributed by atoms with van der Waals surface area (Å²) in [7, 11) is 0. The molecule has 0 fully saturated rings. The van der Waals surface area contributed by atoms with Crippen molar-refractivity contribution in [3.63, 3.8) is 0 Å². The molecule has 0 heterocycles. The van der Waals surface area contributed by atoms with Crippen molar-refractivity contribution in [2.24, 2.45) is 0 Å². The fourth-order valence-electron chi connectivity index (χ4n) is 1.82. The van der Waals surface area contributed by atoms with Gasteiger partial charge >= 0.3 is 0 Å². The van der Waals surface area contributed by atoms with Gasteiger partial charge < -0.3 is 10.1 Å². The molecule has 1 N–H and O–H groups in total. The van der Waals surface area contributed by atoms with Crippen molar-refractivity contribution in [1.29, 1.82) is 0 Å². The minimum absolute atomic E-state index is 0.275. The highest BCUT2D eigenvalue weighted by Gasteiger charge is 2.14. The number of hydrogen-bond donors (Lipinski definition) is 1. The van der Waals surface area contributed by atoms with Crippen LogP contribution in [0.2, 0.25) is 0 Å². The molecule has 1 aromatic carbocycles. The standard InChI is InChI=1S/C15H25NOS/c1-5-10-16-14(11-17-12(2)3)13-8-6-7-9-15(13)18-4/h6-9,12,14,16H,5,10-11H2,1-4H3. The van der Waals surface area contributed by atoms with Crippen LogP contribution in [0.15, 0.2) is 29.2 Å². The number of rotatable bonds is 8. The normalized spacial score (nSPS) is 12.9. The maximum atomic E-state index is 5.78. The lowest BCUT2D eigenvalue weighted by Gasteiger charge is -2.22. The average Bonchev–Trinajstić information content (AvgIpc) is 2.38. The summed E-state index contributed by atoms with van der Waals surface area (Å²) in [6, 6.07) is 8.86. The first-order valence-corrected chi connectivity index (χ1v) is 7.89. The Labute approximate surface area is 116 Å². The van der Waals surface area contributed by atoms with Crippen LogP contribution in [0, 0.1) is 0 Å². The molecule has 0 aliphatic carbocycles. The SMILES string of the molecule is CCCNC(COC(C)C)c1ccccc1SC. The summed E-state index contributed by atoms with van der Waals surface area (Å²) >= 11 is 1.80. The minimum Gasteiger partial charge on any atom is -0.377 e. The Hall–Kier alpha value is -0.510. The Morgan fingerprint density at radius 3 is 2.61 bits per heavy atom. The van der Waals surface area contributed by atoms with Crippen molar-refractivity contribution in [2.75, 3.05) is 19.4 Å². The molecule has 0 bridgehead atoms. The number of benzene rings is 1. The van der Waals surface area contributed by atoms with Gasteiger partial charge in [0.1, 0.15) is 0 Å². The van der Waals surface area contributed by atoms with Gasteiger partial charge in [0.25, 0.3) is 0 Å². The molecule has 0 aromatic heterocycles. The van der Waals surface area contributed by atoms with E-state index < -0.39 is 0 Å². The second kappa shape index (κ2) is 8.57. The average molecular weight is 267 g/mol. The zero-order valence-electron chi connectivity index (χ0n) is 11.9. The van der Waals surface area contributed by atoms with E-state index in [0.717, 1.165) is 19.6 Å². The quantitative estimate of drug-likeness (QED) is 0.722. The van der Waals surface area contributed by atoms with Gasteiger partial charge in [-0.3, -0.25) is 0 Å². The van der Waals surface area contributed by atoms with Gasteiger partial charge in [0, 0.05) is 4.90 Å². The summed E-state index contributed by atoms with van der Waals surface area (Å²) in [5.74, 6) is 0. The van der Waals surface area contributed by atoms with Gasteiger partial charge in [-0.05, 0) is 44.7 Å². The predicted molar refractivity (Wildman–Crippen MR) is 80.3 cm³/mol. The van der Waals surface area contributed by atoms with Crippen LogP contribution in [0.1, 0.15) is 38.8 Å². The number of ether oxygens (including phenoxy) is 1. The topological polar surface area (TPSA) is 21.3 Å². The van der Waals surface area contributed by atoms with Gasteiger partial charge in [0.05, 0.1) is 18.8 Å². The van der Waals surface area contributed by atoms with Crippen LogP contribution in [-0.2, 0) is 4.74 Å². The second-order valence-electron chi connectivity index (χ2n) is 4.63. The van der Waals surface area contributed by atoms with E-state index in [9.17, 15) is 0 Å². The van der Waals surface area contributed by atoms with E-state index >= 15 is 0 Å². The van der Waals surface area contributed by atoms with E-state index in [1.54, 1.807) is 11.8 Å². The first-order valence-electron chi connectivity index (χ1n) is 6.67.